The fourth-order valence-electron chi connectivity index (χ4n) is 1.03. The lowest BCUT2D eigenvalue weighted by Crippen LogP contribution is -2.23. The second kappa shape index (κ2) is 4.59. The van der Waals surface area contributed by atoms with E-state index >= 15 is 0 Å². The minimum atomic E-state index is -0.587. The summed E-state index contributed by atoms with van der Waals surface area (Å²) in [4.78, 5) is 0. The molecule has 1 rings (SSSR count). The Kier molecular flexibility index (Phi) is 3.97. The van der Waals surface area contributed by atoms with Gasteiger partial charge in [-0.1, -0.05) is 11.6 Å². The predicted octanol–water partition coefficient (Wildman–Crippen LogP) is 2.33. The molecule has 2 nitrogen and oxygen atoms in total. The van der Waals surface area contributed by atoms with Crippen LogP contribution in [-0.4, -0.2) is 11.2 Å². The van der Waals surface area contributed by atoms with Crippen molar-refractivity contribution in [1.29, 1.82) is 0 Å². The molecule has 0 amide bonds. The molecule has 2 atom stereocenters. The second-order valence-corrected chi connectivity index (χ2v) is 4.59. The van der Waals surface area contributed by atoms with Gasteiger partial charge in [0.25, 0.3) is 0 Å². The van der Waals surface area contributed by atoms with Crippen LogP contribution in [-0.2, 0) is 0 Å². The predicted molar refractivity (Wildman–Crippen MR) is 62.8 cm³/mol. The van der Waals surface area contributed by atoms with Crippen LogP contribution in [0.25, 0.3) is 0 Å². The average Bonchev–Trinajstić information content (AvgIpc) is 2.08. The van der Waals surface area contributed by atoms with E-state index in [-0.39, 0.29) is 0 Å². The average molecular weight is 312 g/mol. The molecule has 0 aliphatic heterocycles. The Hall–Kier alpha value is 0.160. The Morgan fingerprint density at radius 1 is 1.54 bits per heavy atom. The normalized spacial score (nSPS) is 15.5. The van der Waals surface area contributed by atoms with E-state index in [1.165, 1.54) is 0 Å². The Bertz CT molecular complexity index is 304. The van der Waals surface area contributed by atoms with E-state index in [1.54, 1.807) is 13.0 Å². The Morgan fingerprint density at radius 3 is 2.69 bits per heavy atom. The van der Waals surface area contributed by atoms with Gasteiger partial charge in [0.2, 0.25) is 0 Å². The van der Waals surface area contributed by atoms with Crippen molar-refractivity contribution < 1.29 is 5.11 Å². The van der Waals surface area contributed by atoms with Gasteiger partial charge < -0.3 is 10.8 Å². The van der Waals surface area contributed by atoms with Crippen LogP contribution in [0, 0.1) is 3.57 Å². The second-order valence-electron chi connectivity index (χ2n) is 2.93. The molecule has 0 saturated heterocycles. The molecule has 1 aromatic carbocycles. The lowest BCUT2D eigenvalue weighted by molar-refractivity contribution is 0.164. The topological polar surface area (TPSA) is 46.2 Å². The molecule has 0 radical (unpaired) electrons. The molecule has 13 heavy (non-hydrogen) atoms. The Balaban J connectivity index is 3.05. The number of halogens is 2. The Morgan fingerprint density at radius 2 is 2.15 bits per heavy atom. The number of aliphatic hydroxyl groups is 1. The molecule has 0 heterocycles. The van der Waals surface area contributed by atoms with Crippen LogP contribution in [0.3, 0.4) is 0 Å². The van der Waals surface area contributed by atoms with Gasteiger partial charge in [0.05, 0.1) is 12.1 Å². The van der Waals surface area contributed by atoms with Gasteiger partial charge in [0.1, 0.15) is 0 Å². The molecule has 0 aliphatic rings. The highest BCUT2D eigenvalue weighted by molar-refractivity contribution is 14.1. The zero-order valence-electron chi connectivity index (χ0n) is 7.17. The molecule has 0 fully saturated rings. The minimum absolute atomic E-state index is 0.415. The third-order valence-corrected chi connectivity index (χ3v) is 2.85. The highest BCUT2D eigenvalue weighted by atomic mass is 127. The third kappa shape index (κ3) is 2.80. The summed E-state index contributed by atoms with van der Waals surface area (Å²) < 4.78 is 1.06. The van der Waals surface area contributed by atoms with Gasteiger partial charge in [0, 0.05) is 8.59 Å². The SMILES string of the molecule is C[C@H](O)[C@@H](N)c1cc(I)ccc1Cl. The summed E-state index contributed by atoms with van der Waals surface area (Å²) >= 11 is 8.12. The molecule has 72 valence electrons. The first-order valence-electron chi connectivity index (χ1n) is 3.91. The van der Waals surface area contributed by atoms with E-state index in [9.17, 15) is 5.11 Å². The first-order chi connectivity index (χ1) is 6.02. The number of hydrogen-bond acceptors (Lipinski definition) is 2. The molecule has 0 spiro atoms. The van der Waals surface area contributed by atoms with Crippen molar-refractivity contribution in [1.82, 2.24) is 0 Å². The van der Waals surface area contributed by atoms with E-state index in [2.05, 4.69) is 22.6 Å². The maximum atomic E-state index is 9.30. The highest BCUT2D eigenvalue weighted by Gasteiger charge is 2.15. The lowest BCUT2D eigenvalue weighted by Gasteiger charge is -2.16. The van der Waals surface area contributed by atoms with Crippen LogP contribution < -0.4 is 5.73 Å². The summed E-state index contributed by atoms with van der Waals surface area (Å²) in [6.07, 6.45) is -0.587. The van der Waals surface area contributed by atoms with Crippen molar-refractivity contribution in [3.05, 3.63) is 32.4 Å². The quantitative estimate of drug-likeness (QED) is 0.824. The maximum Gasteiger partial charge on any atom is 0.0705 e. The van der Waals surface area contributed by atoms with Gasteiger partial charge in [-0.3, -0.25) is 0 Å². The van der Waals surface area contributed by atoms with Crippen LogP contribution in [0.4, 0.5) is 0 Å². The largest absolute Gasteiger partial charge is 0.391 e. The molecule has 0 aromatic heterocycles. The van der Waals surface area contributed by atoms with Crippen LogP contribution in [0.2, 0.25) is 5.02 Å². The van der Waals surface area contributed by atoms with Crippen molar-refractivity contribution in [2.24, 2.45) is 5.73 Å². The van der Waals surface area contributed by atoms with E-state index in [4.69, 9.17) is 17.3 Å². The fourth-order valence-corrected chi connectivity index (χ4v) is 1.79. The first-order valence-corrected chi connectivity index (χ1v) is 5.36. The summed E-state index contributed by atoms with van der Waals surface area (Å²) in [5.74, 6) is 0. The number of aliphatic hydroxyl groups excluding tert-OH is 1. The first kappa shape index (κ1) is 11.2. The van der Waals surface area contributed by atoms with Crippen molar-refractivity contribution in [3.8, 4) is 0 Å². The van der Waals surface area contributed by atoms with Gasteiger partial charge in [-0.2, -0.15) is 0 Å². The third-order valence-electron chi connectivity index (χ3n) is 1.84. The molecular weight excluding hydrogens is 300 g/mol. The Labute approximate surface area is 96.2 Å². The van der Waals surface area contributed by atoms with Crippen molar-refractivity contribution >= 4 is 34.2 Å². The monoisotopic (exact) mass is 311 g/mol. The summed E-state index contributed by atoms with van der Waals surface area (Å²) in [5.41, 5.74) is 6.56. The number of hydrogen-bond donors (Lipinski definition) is 2. The van der Waals surface area contributed by atoms with Gasteiger partial charge >= 0.3 is 0 Å². The standard InChI is InChI=1S/C9H11ClINO/c1-5(13)9(12)7-4-6(11)2-3-8(7)10/h2-5,9,13H,12H2,1H3/t5-,9+/m0/s1. The molecule has 0 unspecified atom stereocenters. The van der Waals surface area contributed by atoms with Gasteiger partial charge in [-0.15, -0.1) is 0 Å². The molecule has 3 N–H and O–H groups in total. The number of rotatable bonds is 2. The number of nitrogens with two attached hydrogens (primary N) is 1. The molecule has 0 aliphatic carbocycles. The van der Waals surface area contributed by atoms with Gasteiger partial charge in [0.15, 0.2) is 0 Å². The number of benzene rings is 1. The molecular formula is C9H11ClINO. The van der Waals surface area contributed by atoms with E-state index < -0.39 is 12.1 Å². The maximum absolute atomic E-state index is 9.30. The summed E-state index contributed by atoms with van der Waals surface area (Å²) in [6.45, 7) is 1.65. The van der Waals surface area contributed by atoms with Crippen LogP contribution in [0.1, 0.15) is 18.5 Å². The van der Waals surface area contributed by atoms with Crippen molar-refractivity contribution in [3.63, 3.8) is 0 Å². The summed E-state index contributed by atoms with van der Waals surface area (Å²) in [7, 11) is 0. The zero-order chi connectivity index (χ0) is 10.0. The van der Waals surface area contributed by atoms with Crippen LogP contribution >= 0.6 is 34.2 Å². The van der Waals surface area contributed by atoms with Crippen molar-refractivity contribution in [2.75, 3.05) is 0 Å². The molecule has 0 saturated carbocycles. The summed E-state index contributed by atoms with van der Waals surface area (Å²) in [6, 6.07) is 5.17. The van der Waals surface area contributed by atoms with E-state index in [1.807, 2.05) is 12.1 Å². The summed E-state index contributed by atoms with van der Waals surface area (Å²) in [5, 5.41) is 9.91. The minimum Gasteiger partial charge on any atom is -0.391 e. The highest BCUT2D eigenvalue weighted by Crippen LogP contribution is 2.25. The van der Waals surface area contributed by atoms with Crippen molar-refractivity contribution in [2.45, 2.75) is 19.1 Å². The molecule has 0 bridgehead atoms. The van der Waals surface area contributed by atoms with E-state index in [0.717, 1.165) is 9.13 Å². The van der Waals surface area contributed by atoms with Gasteiger partial charge in [-0.05, 0) is 53.3 Å². The molecule has 4 heteroatoms. The van der Waals surface area contributed by atoms with Crippen LogP contribution in [0.15, 0.2) is 18.2 Å². The van der Waals surface area contributed by atoms with E-state index in [0.29, 0.717) is 5.02 Å². The fraction of sp³-hybridized carbons (Fsp3) is 0.333. The van der Waals surface area contributed by atoms with Crippen LogP contribution in [0.5, 0.6) is 0 Å². The zero-order valence-corrected chi connectivity index (χ0v) is 10.1. The molecule has 1 aromatic rings. The van der Waals surface area contributed by atoms with Gasteiger partial charge in [-0.25, -0.2) is 0 Å². The lowest BCUT2D eigenvalue weighted by atomic mass is 10.0. The smallest absolute Gasteiger partial charge is 0.0705 e.